The van der Waals surface area contributed by atoms with Crippen LogP contribution in [0.2, 0.25) is 5.02 Å². The third kappa shape index (κ3) is 4.40. The van der Waals surface area contributed by atoms with Crippen LogP contribution in [0.1, 0.15) is 16.1 Å². The number of hydrazone groups is 1. The highest BCUT2D eigenvalue weighted by molar-refractivity contribution is 14.1. The van der Waals surface area contributed by atoms with Gasteiger partial charge in [-0.25, -0.2) is 4.79 Å². The lowest BCUT2D eigenvalue weighted by atomic mass is 10.1. The fourth-order valence-electron chi connectivity index (χ4n) is 2.11. The molecule has 25 heavy (non-hydrogen) atoms. The molecule has 0 amide bonds. The van der Waals surface area contributed by atoms with Crippen molar-refractivity contribution in [2.45, 2.75) is 0 Å². The summed E-state index contributed by atoms with van der Waals surface area (Å²) in [6.07, 6.45) is 1.55. The standard InChI is InChI=1S/C18H12ClIN2O3/c19-16-7-1-11(9-15(16)18(23)24)17-8-6-14(25-17)10-21-22-13-4-2-12(20)3-5-13/h1-10,22H,(H,23,24). The molecule has 5 nitrogen and oxygen atoms in total. The van der Waals surface area contributed by atoms with Crippen molar-refractivity contribution in [2.75, 3.05) is 5.43 Å². The van der Waals surface area contributed by atoms with Crippen LogP contribution >= 0.6 is 34.2 Å². The van der Waals surface area contributed by atoms with Crippen molar-refractivity contribution in [3.8, 4) is 11.3 Å². The summed E-state index contributed by atoms with van der Waals surface area (Å²) in [5.41, 5.74) is 4.44. The lowest BCUT2D eigenvalue weighted by molar-refractivity contribution is 0.0697. The summed E-state index contributed by atoms with van der Waals surface area (Å²) in [6.45, 7) is 0. The van der Waals surface area contributed by atoms with Crippen LogP contribution in [0, 0.1) is 3.57 Å². The molecule has 0 saturated carbocycles. The topological polar surface area (TPSA) is 74.8 Å². The number of anilines is 1. The molecule has 1 heterocycles. The first-order valence-electron chi connectivity index (χ1n) is 7.20. The Labute approximate surface area is 162 Å². The smallest absolute Gasteiger partial charge is 0.337 e. The lowest BCUT2D eigenvalue weighted by Gasteiger charge is -2.02. The number of carboxylic acid groups (broad SMARTS) is 1. The summed E-state index contributed by atoms with van der Waals surface area (Å²) >= 11 is 8.11. The molecule has 0 saturated heterocycles. The minimum Gasteiger partial charge on any atom is -0.478 e. The molecule has 0 atom stereocenters. The molecule has 7 heteroatoms. The highest BCUT2D eigenvalue weighted by Crippen LogP contribution is 2.26. The van der Waals surface area contributed by atoms with Gasteiger partial charge in [-0.05, 0) is 77.2 Å². The summed E-state index contributed by atoms with van der Waals surface area (Å²) in [4.78, 5) is 11.2. The Bertz CT molecular complexity index is 936. The van der Waals surface area contributed by atoms with Crippen molar-refractivity contribution in [1.82, 2.24) is 0 Å². The van der Waals surface area contributed by atoms with E-state index in [0.717, 1.165) is 9.26 Å². The quantitative estimate of drug-likeness (QED) is 0.302. The monoisotopic (exact) mass is 466 g/mol. The van der Waals surface area contributed by atoms with Crippen molar-refractivity contribution >= 4 is 52.1 Å². The first-order valence-corrected chi connectivity index (χ1v) is 8.66. The van der Waals surface area contributed by atoms with Crippen LogP contribution in [0.3, 0.4) is 0 Å². The highest BCUT2D eigenvalue weighted by atomic mass is 127. The Hall–Kier alpha value is -2.32. The maximum absolute atomic E-state index is 11.2. The Balaban J connectivity index is 1.74. The van der Waals surface area contributed by atoms with Gasteiger partial charge in [-0.1, -0.05) is 11.6 Å². The van der Waals surface area contributed by atoms with Gasteiger partial charge >= 0.3 is 5.97 Å². The van der Waals surface area contributed by atoms with E-state index in [1.807, 2.05) is 24.3 Å². The average molecular weight is 467 g/mol. The number of rotatable bonds is 5. The van der Waals surface area contributed by atoms with Gasteiger partial charge in [0.2, 0.25) is 0 Å². The Morgan fingerprint density at radius 3 is 2.64 bits per heavy atom. The van der Waals surface area contributed by atoms with Crippen LogP contribution in [0.4, 0.5) is 5.69 Å². The molecule has 3 aromatic rings. The molecule has 0 spiro atoms. The van der Waals surface area contributed by atoms with Gasteiger partial charge in [0.1, 0.15) is 11.5 Å². The fourth-order valence-corrected chi connectivity index (χ4v) is 2.67. The molecule has 0 fully saturated rings. The Morgan fingerprint density at radius 1 is 1.16 bits per heavy atom. The predicted molar refractivity (Wildman–Crippen MR) is 106 cm³/mol. The molecule has 0 aliphatic carbocycles. The number of carboxylic acids is 1. The van der Waals surface area contributed by atoms with E-state index in [0.29, 0.717) is 17.1 Å². The van der Waals surface area contributed by atoms with Crippen molar-refractivity contribution < 1.29 is 14.3 Å². The van der Waals surface area contributed by atoms with E-state index in [1.54, 1.807) is 24.4 Å². The Morgan fingerprint density at radius 2 is 1.92 bits per heavy atom. The summed E-state index contributed by atoms with van der Waals surface area (Å²) in [5, 5.41) is 13.4. The van der Waals surface area contributed by atoms with Crippen molar-refractivity contribution in [1.29, 1.82) is 0 Å². The number of aromatic carboxylic acids is 1. The summed E-state index contributed by atoms with van der Waals surface area (Å²) in [6, 6.07) is 16.0. The van der Waals surface area contributed by atoms with Crippen LogP contribution < -0.4 is 5.43 Å². The third-order valence-corrected chi connectivity index (χ3v) is 4.39. The zero-order valence-electron chi connectivity index (χ0n) is 12.7. The van der Waals surface area contributed by atoms with Gasteiger partial charge in [0, 0.05) is 9.13 Å². The predicted octanol–water partition coefficient (Wildman–Crippen LogP) is 5.35. The van der Waals surface area contributed by atoms with Gasteiger partial charge in [0.15, 0.2) is 0 Å². The van der Waals surface area contributed by atoms with Gasteiger partial charge in [0.25, 0.3) is 0 Å². The van der Waals surface area contributed by atoms with E-state index in [4.69, 9.17) is 21.1 Å². The maximum Gasteiger partial charge on any atom is 0.337 e. The molecule has 0 unspecified atom stereocenters. The zero-order valence-corrected chi connectivity index (χ0v) is 15.7. The van der Waals surface area contributed by atoms with Crippen LogP contribution in [-0.2, 0) is 0 Å². The van der Waals surface area contributed by atoms with E-state index in [9.17, 15) is 4.79 Å². The molecule has 2 N–H and O–H groups in total. The number of carbonyl (C=O) groups is 1. The number of hydrogen-bond acceptors (Lipinski definition) is 4. The number of benzene rings is 2. The van der Waals surface area contributed by atoms with Crippen molar-refractivity contribution in [3.63, 3.8) is 0 Å². The number of furan rings is 1. The molecule has 0 bridgehead atoms. The van der Waals surface area contributed by atoms with Crippen LogP contribution in [-0.4, -0.2) is 17.3 Å². The molecule has 0 radical (unpaired) electrons. The summed E-state index contributed by atoms with van der Waals surface area (Å²) < 4.78 is 6.82. The van der Waals surface area contributed by atoms with Gasteiger partial charge < -0.3 is 9.52 Å². The maximum atomic E-state index is 11.2. The first kappa shape index (κ1) is 17.5. The second-order valence-corrected chi connectivity index (χ2v) is 6.73. The minimum atomic E-state index is -1.08. The molecular weight excluding hydrogens is 455 g/mol. The second kappa shape index (κ2) is 7.71. The molecular formula is C18H12ClIN2O3. The molecule has 0 aliphatic rings. The number of nitrogens with one attached hydrogen (secondary N) is 1. The molecule has 2 aromatic carbocycles. The summed E-state index contributed by atoms with van der Waals surface area (Å²) in [5.74, 6) is -0.00312. The second-order valence-electron chi connectivity index (χ2n) is 5.08. The number of nitrogens with zero attached hydrogens (tertiary/aromatic N) is 1. The van der Waals surface area contributed by atoms with Gasteiger partial charge in [-0.15, -0.1) is 0 Å². The minimum absolute atomic E-state index is 0.0335. The third-order valence-electron chi connectivity index (χ3n) is 3.34. The lowest BCUT2D eigenvalue weighted by Crippen LogP contribution is -1.97. The van der Waals surface area contributed by atoms with E-state index in [2.05, 4.69) is 33.1 Å². The van der Waals surface area contributed by atoms with Gasteiger partial charge in [-0.2, -0.15) is 5.10 Å². The fraction of sp³-hybridized carbons (Fsp3) is 0. The van der Waals surface area contributed by atoms with E-state index < -0.39 is 5.97 Å². The molecule has 3 rings (SSSR count). The molecule has 0 aliphatic heterocycles. The van der Waals surface area contributed by atoms with Crippen LogP contribution in [0.25, 0.3) is 11.3 Å². The Kier molecular flexibility index (Phi) is 5.40. The van der Waals surface area contributed by atoms with E-state index in [-0.39, 0.29) is 10.6 Å². The average Bonchev–Trinajstić information content (AvgIpc) is 3.06. The molecule has 126 valence electrons. The SMILES string of the molecule is O=C(O)c1cc(-c2ccc(C=NNc3ccc(I)cc3)o2)ccc1Cl. The van der Waals surface area contributed by atoms with Crippen molar-refractivity contribution in [2.24, 2.45) is 5.10 Å². The number of hydrogen-bond donors (Lipinski definition) is 2. The first-order chi connectivity index (χ1) is 12.0. The highest BCUT2D eigenvalue weighted by Gasteiger charge is 2.12. The molecule has 1 aromatic heterocycles. The van der Waals surface area contributed by atoms with Crippen LogP contribution in [0.15, 0.2) is 64.1 Å². The largest absolute Gasteiger partial charge is 0.478 e. The van der Waals surface area contributed by atoms with Crippen molar-refractivity contribution in [3.05, 3.63) is 74.5 Å². The normalized spacial score (nSPS) is 11.0. The number of halogens is 2. The van der Waals surface area contributed by atoms with Crippen LogP contribution in [0.5, 0.6) is 0 Å². The van der Waals surface area contributed by atoms with Gasteiger partial charge in [0.05, 0.1) is 22.5 Å². The summed E-state index contributed by atoms with van der Waals surface area (Å²) in [7, 11) is 0. The van der Waals surface area contributed by atoms with Gasteiger partial charge in [-0.3, -0.25) is 5.43 Å². The van der Waals surface area contributed by atoms with E-state index in [1.165, 1.54) is 12.1 Å². The van der Waals surface area contributed by atoms with E-state index >= 15 is 0 Å². The zero-order chi connectivity index (χ0) is 17.8.